The Balaban J connectivity index is 0.000000234. The van der Waals surface area contributed by atoms with Gasteiger partial charge in [0.15, 0.2) is 0 Å². The van der Waals surface area contributed by atoms with E-state index in [0.717, 1.165) is 44.8 Å². The van der Waals surface area contributed by atoms with Crippen molar-refractivity contribution in [2.45, 2.75) is 0 Å². The van der Waals surface area contributed by atoms with Crippen molar-refractivity contribution in [1.82, 2.24) is 19.9 Å². The molecule has 0 amide bonds. The van der Waals surface area contributed by atoms with E-state index in [1.54, 1.807) is 30.3 Å². The molecule has 6 rings (SSSR count). The molecule has 0 saturated heterocycles. The summed E-state index contributed by atoms with van der Waals surface area (Å²) in [7, 11) is 0. The van der Waals surface area contributed by atoms with Crippen molar-refractivity contribution in [2.75, 3.05) is 0 Å². The summed E-state index contributed by atoms with van der Waals surface area (Å²) < 4.78 is 0. The molecule has 6 nitrogen and oxygen atoms in total. The number of aromatic amines is 2. The van der Waals surface area contributed by atoms with Crippen molar-refractivity contribution in [3.8, 4) is 0 Å². The molecule has 168 valence electrons. The van der Waals surface area contributed by atoms with Crippen molar-refractivity contribution in [1.29, 1.82) is 0 Å². The summed E-state index contributed by atoms with van der Waals surface area (Å²) in [5, 5.41) is 8.38. The lowest BCUT2D eigenvalue weighted by atomic mass is 10.2. The van der Waals surface area contributed by atoms with E-state index in [4.69, 9.17) is 5.11 Å². The fourth-order valence-corrected chi connectivity index (χ4v) is 3.52. The summed E-state index contributed by atoms with van der Waals surface area (Å²) in [4.78, 5) is 26.2. The molecule has 2 aliphatic heterocycles. The van der Waals surface area contributed by atoms with E-state index in [1.165, 1.54) is 0 Å². The van der Waals surface area contributed by atoms with E-state index in [9.17, 15) is 4.79 Å². The van der Waals surface area contributed by atoms with Crippen LogP contribution in [0.2, 0.25) is 0 Å². The molecule has 0 fully saturated rings. The van der Waals surface area contributed by atoms with Gasteiger partial charge in [0.25, 0.3) is 0 Å². The molecule has 5 heterocycles. The first-order valence-corrected chi connectivity index (χ1v) is 10.4. The van der Waals surface area contributed by atoms with E-state index in [0.29, 0.717) is 5.56 Å². The van der Waals surface area contributed by atoms with Gasteiger partial charge in [-0.2, -0.15) is 0 Å². The third-order valence-corrected chi connectivity index (χ3v) is 5.06. The van der Waals surface area contributed by atoms with Crippen LogP contribution in [0.25, 0.3) is 46.4 Å². The summed E-state index contributed by atoms with van der Waals surface area (Å²) >= 11 is 0. The van der Waals surface area contributed by atoms with Gasteiger partial charge in [0, 0.05) is 22.1 Å². The van der Waals surface area contributed by atoms with Crippen molar-refractivity contribution < 1.29 is 9.90 Å². The Morgan fingerprint density at radius 3 is 1.24 bits per heavy atom. The third-order valence-electron chi connectivity index (χ3n) is 5.06. The molecule has 0 radical (unpaired) electrons. The smallest absolute Gasteiger partial charge is 0.335 e. The first-order valence-electron chi connectivity index (χ1n) is 10.4. The fraction of sp³-hybridized carbons (Fsp3) is 0. The lowest BCUT2D eigenvalue weighted by Gasteiger charge is -1.88. The number of aromatic nitrogens is 4. The first kappa shape index (κ1) is 22.8. The van der Waals surface area contributed by atoms with Crippen LogP contribution < -0.4 is 0 Å². The number of nitrogens with one attached hydrogen (secondary N) is 2. The van der Waals surface area contributed by atoms with E-state index in [2.05, 4.69) is 44.2 Å². The predicted octanol–water partition coefficient (Wildman–Crippen LogP) is 6.46. The third kappa shape index (κ3) is 5.49. The second-order valence-electron chi connectivity index (χ2n) is 7.58. The molecule has 0 atom stereocenters. The van der Waals surface area contributed by atoms with E-state index in [-0.39, 0.29) is 12.4 Å². The van der Waals surface area contributed by atoms with Crippen LogP contribution in [0.3, 0.4) is 0 Å². The number of hydrogen-bond acceptors (Lipinski definition) is 3. The number of carbonyl (C=O) groups is 1. The van der Waals surface area contributed by atoms with Gasteiger partial charge >= 0.3 is 5.97 Å². The van der Waals surface area contributed by atoms with E-state index >= 15 is 0 Å². The molecule has 8 bridgehead atoms. The van der Waals surface area contributed by atoms with Gasteiger partial charge in [0.1, 0.15) is 0 Å². The second kappa shape index (κ2) is 10.0. The highest BCUT2D eigenvalue weighted by atomic mass is 35.5. The number of hydrogen-bond donors (Lipinski definition) is 3. The largest absolute Gasteiger partial charge is 0.478 e. The zero-order valence-corrected chi connectivity index (χ0v) is 18.8. The van der Waals surface area contributed by atoms with Gasteiger partial charge in [-0.1, -0.05) is 18.2 Å². The molecular weight excluding hydrogens is 448 g/mol. The number of halogens is 1. The van der Waals surface area contributed by atoms with Gasteiger partial charge in [0.2, 0.25) is 0 Å². The molecule has 4 aromatic rings. The zero-order valence-electron chi connectivity index (χ0n) is 18.0. The van der Waals surface area contributed by atoms with Crippen LogP contribution in [0.4, 0.5) is 0 Å². The molecule has 7 heteroatoms. The lowest BCUT2D eigenvalue weighted by Crippen LogP contribution is -1.93. The molecule has 0 spiro atoms. The quantitative estimate of drug-likeness (QED) is 0.258. The number of benzene rings is 1. The van der Waals surface area contributed by atoms with Gasteiger partial charge in [-0.15, -0.1) is 12.4 Å². The highest BCUT2D eigenvalue weighted by Crippen LogP contribution is 2.16. The Kier molecular flexibility index (Phi) is 6.71. The first-order chi connectivity index (χ1) is 16.1. The molecule has 3 N–H and O–H groups in total. The number of aromatic carboxylic acids is 1. The highest BCUT2D eigenvalue weighted by molar-refractivity contribution is 5.87. The van der Waals surface area contributed by atoms with Gasteiger partial charge in [-0.3, -0.25) is 0 Å². The highest BCUT2D eigenvalue weighted by Gasteiger charge is 2.01. The van der Waals surface area contributed by atoms with Crippen molar-refractivity contribution >= 4 is 64.7 Å². The van der Waals surface area contributed by atoms with E-state index in [1.807, 2.05) is 48.6 Å². The molecule has 1 aromatic carbocycles. The van der Waals surface area contributed by atoms with Crippen LogP contribution in [-0.4, -0.2) is 31.0 Å². The SMILES string of the molecule is C1=Cc2cc3ccc(cc4nc(cc5ccc(cc1n2)[nH]5)C=C4)[nH]3.Cl.O=C(O)c1ccccc1. The molecule has 0 aliphatic carbocycles. The van der Waals surface area contributed by atoms with Gasteiger partial charge in [0.05, 0.1) is 28.3 Å². The summed E-state index contributed by atoms with van der Waals surface area (Å²) in [5.41, 5.74) is 8.19. The fourth-order valence-electron chi connectivity index (χ4n) is 3.52. The molecule has 0 unspecified atom stereocenters. The molecular formula is C27H21ClN4O2. The molecule has 2 aliphatic rings. The van der Waals surface area contributed by atoms with Crippen LogP contribution in [0.1, 0.15) is 33.1 Å². The number of carboxylic acid groups (broad SMARTS) is 1. The summed E-state index contributed by atoms with van der Waals surface area (Å²) in [6.07, 6.45) is 8.09. The number of carboxylic acids is 1. The summed E-state index contributed by atoms with van der Waals surface area (Å²) in [5.74, 6) is -0.879. The maximum Gasteiger partial charge on any atom is 0.335 e. The van der Waals surface area contributed by atoms with Crippen molar-refractivity contribution in [3.63, 3.8) is 0 Å². The standard InChI is InChI=1S/C20H14N4.C7H6O2.ClH/c1-2-14-10-16-5-6-18(23-16)12-20-8-7-19(24-20)11-17-4-3-15(22-17)9-13(1)21-14;8-7(9)6-4-2-1-3-5-6;/h1-12,21,24H;1-5H,(H,8,9);1H. The average molecular weight is 469 g/mol. The van der Waals surface area contributed by atoms with Gasteiger partial charge < -0.3 is 15.1 Å². The van der Waals surface area contributed by atoms with Crippen LogP contribution in [-0.2, 0) is 0 Å². The molecule has 0 saturated carbocycles. The Labute approximate surface area is 201 Å². The normalized spacial score (nSPS) is 11.3. The summed E-state index contributed by atoms with van der Waals surface area (Å²) in [6, 6.07) is 24.7. The second-order valence-corrected chi connectivity index (χ2v) is 7.58. The molecule has 3 aromatic heterocycles. The Hall–Kier alpha value is -4.42. The monoisotopic (exact) mass is 468 g/mol. The Morgan fingerprint density at radius 1 is 0.588 bits per heavy atom. The topological polar surface area (TPSA) is 94.7 Å². The number of rotatable bonds is 1. The number of nitrogens with zero attached hydrogens (tertiary/aromatic N) is 2. The lowest BCUT2D eigenvalue weighted by molar-refractivity contribution is 0.0697. The Morgan fingerprint density at radius 2 is 0.941 bits per heavy atom. The van der Waals surface area contributed by atoms with E-state index < -0.39 is 5.97 Å². The molecule has 34 heavy (non-hydrogen) atoms. The zero-order chi connectivity index (χ0) is 22.6. The number of fused-ring (bicyclic) bond motifs is 8. The van der Waals surface area contributed by atoms with Crippen LogP contribution in [0.15, 0.2) is 78.9 Å². The van der Waals surface area contributed by atoms with Gasteiger partial charge in [-0.05, 0) is 85.0 Å². The maximum atomic E-state index is 10.2. The minimum Gasteiger partial charge on any atom is -0.478 e. The predicted molar refractivity (Wildman–Crippen MR) is 140 cm³/mol. The minimum absolute atomic E-state index is 0. The summed E-state index contributed by atoms with van der Waals surface area (Å²) in [6.45, 7) is 0. The van der Waals surface area contributed by atoms with Gasteiger partial charge in [-0.25, -0.2) is 14.8 Å². The van der Waals surface area contributed by atoms with Crippen molar-refractivity contribution in [3.05, 3.63) is 107 Å². The minimum atomic E-state index is -0.879. The van der Waals surface area contributed by atoms with Crippen molar-refractivity contribution in [2.24, 2.45) is 0 Å². The Bertz CT molecular complexity index is 1370. The van der Waals surface area contributed by atoms with Crippen LogP contribution in [0, 0.1) is 0 Å². The maximum absolute atomic E-state index is 10.2. The van der Waals surface area contributed by atoms with Crippen LogP contribution >= 0.6 is 12.4 Å². The average Bonchev–Trinajstić information content (AvgIpc) is 3.61. The van der Waals surface area contributed by atoms with Crippen LogP contribution in [0.5, 0.6) is 0 Å². The number of H-pyrrole nitrogens is 2.